The second-order valence-electron chi connectivity index (χ2n) is 13.6. The SMILES string of the molecule is c1ccc2cc(-c3ccc4c(-c5ccc6ccccc6c5)c5ccccc5c(-c5ccc6ccc7cccc8ccc5c6c78)c4c3)ccc2c1. The van der Waals surface area contributed by atoms with E-state index in [0.29, 0.717) is 0 Å². The van der Waals surface area contributed by atoms with Crippen molar-refractivity contribution in [2.45, 2.75) is 0 Å². The fourth-order valence-corrected chi connectivity index (χ4v) is 8.63. The van der Waals surface area contributed by atoms with E-state index in [2.05, 4.69) is 182 Å². The van der Waals surface area contributed by atoms with Crippen molar-refractivity contribution in [1.82, 2.24) is 0 Å². The lowest BCUT2D eigenvalue weighted by molar-refractivity contribution is 1.66. The van der Waals surface area contributed by atoms with Gasteiger partial charge in [-0.15, -0.1) is 0 Å². The Morgan fingerprint density at radius 3 is 1.42 bits per heavy atom. The average molecular weight is 631 g/mol. The zero-order valence-electron chi connectivity index (χ0n) is 27.3. The number of fused-ring (bicyclic) bond motifs is 4. The molecule has 0 bridgehead atoms. The van der Waals surface area contributed by atoms with Gasteiger partial charge in [0.1, 0.15) is 0 Å². The Morgan fingerprint density at radius 1 is 0.220 bits per heavy atom. The zero-order valence-corrected chi connectivity index (χ0v) is 27.3. The molecule has 0 aliphatic heterocycles. The molecule has 0 heterocycles. The minimum absolute atomic E-state index is 1.22. The summed E-state index contributed by atoms with van der Waals surface area (Å²) in [5, 5.41) is 18.0. The molecule has 0 unspecified atom stereocenters. The molecule has 0 N–H and O–H groups in total. The molecule has 11 rings (SSSR count). The summed E-state index contributed by atoms with van der Waals surface area (Å²) in [6.07, 6.45) is 0. The van der Waals surface area contributed by atoms with Gasteiger partial charge in [0.25, 0.3) is 0 Å². The lowest BCUT2D eigenvalue weighted by Gasteiger charge is -2.21. The monoisotopic (exact) mass is 630 g/mol. The second-order valence-corrected chi connectivity index (χ2v) is 13.6. The van der Waals surface area contributed by atoms with Crippen molar-refractivity contribution in [2.75, 3.05) is 0 Å². The van der Waals surface area contributed by atoms with Crippen molar-refractivity contribution in [3.63, 3.8) is 0 Å². The summed E-state index contributed by atoms with van der Waals surface area (Å²) in [6.45, 7) is 0. The van der Waals surface area contributed by atoms with E-state index >= 15 is 0 Å². The van der Waals surface area contributed by atoms with Gasteiger partial charge in [0, 0.05) is 0 Å². The van der Waals surface area contributed by atoms with E-state index in [4.69, 9.17) is 0 Å². The second kappa shape index (κ2) is 10.5. The highest BCUT2D eigenvalue weighted by Gasteiger charge is 2.20. The van der Waals surface area contributed by atoms with E-state index in [1.165, 1.54) is 109 Å². The summed E-state index contributed by atoms with van der Waals surface area (Å²) in [7, 11) is 0. The first-order chi connectivity index (χ1) is 24.8. The smallest absolute Gasteiger partial charge is 0.00199 e. The summed E-state index contributed by atoms with van der Waals surface area (Å²) < 4.78 is 0. The number of rotatable bonds is 3. The summed E-state index contributed by atoms with van der Waals surface area (Å²) in [5.41, 5.74) is 7.55. The molecule has 0 aliphatic rings. The third-order valence-electron chi connectivity index (χ3n) is 10.9. The number of benzene rings is 11. The molecule has 50 heavy (non-hydrogen) atoms. The average Bonchev–Trinajstić information content (AvgIpc) is 3.18. The van der Waals surface area contributed by atoms with Crippen molar-refractivity contribution in [3.8, 4) is 33.4 Å². The quantitative estimate of drug-likeness (QED) is 0.135. The predicted molar refractivity (Wildman–Crippen MR) is 216 cm³/mol. The Hall–Kier alpha value is -6.50. The predicted octanol–water partition coefficient (Wildman–Crippen LogP) is 14.2. The Balaban J connectivity index is 1.29. The molecule has 0 saturated carbocycles. The van der Waals surface area contributed by atoms with Crippen LogP contribution in [-0.2, 0) is 0 Å². The van der Waals surface area contributed by atoms with Crippen LogP contribution in [0.3, 0.4) is 0 Å². The van der Waals surface area contributed by atoms with Gasteiger partial charge in [-0.1, -0.05) is 164 Å². The normalized spacial score (nSPS) is 12.0. The Bertz CT molecular complexity index is 3130. The van der Waals surface area contributed by atoms with Crippen LogP contribution in [0.2, 0.25) is 0 Å². The van der Waals surface area contributed by atoms with E-state index in [1.54, 1.807) is 0 Å². The Kier molecular flexibility index (Phi) is 5.76. The van der Waals surface area contributed by atoms with Crippen LogP contribution in [0.25, 0.3) is 109 Å². The van der Waals surface area contributed by atoms with Crippen LogP contribution in [0.5, 0.6) is 0 Å². The molecule has 0 atom stereocenters. The van der Waals surface area contributed by atoms with E-state index in [9.17, 15) is 0 Å². The maximum absolute atomic E-state index is 2.45. The lowest BCUT2D eigenvalue weighted by Crippen LogP contribution is -1.93. The molecule has 0 amide bonds. The number of hydrogen-bond donors (Lipinski definition) is 0. The fourth-order valence-electron chi connectivity index (χ4n) is 8.63. The van der Waals surface area contributed by atoms with E-state index in [0.717, 1.165) is 0 Å². The molecular formula is C50H30. The van der Waals surface area contributed by atoms with E-state index in [-0.39, 0.29) is 0 Å². The fraction of sp³-hybridized carbons (Fsp3) is 0. The molecular weight excluding hydrogens is 601 g/mol. The van der Waals surface area contributed by atoms with Gasteiger partial charge in [-0.3, -0.25) is 0 Å². The van der Waals surface area contributed by atoms with Gasteiger partial charge in [0.2, 0.25) is 0 Å². The highest BCUT2D eigenvalue weighted by molar-refractivity contribution is 6.29. The van der Waals surface area contributed by atoms with Crippen LogP contribution in [0.4, 0.5) is 0 Å². The molecule has 11 aromatic carbocycles. The summed E-state index contributed by atoms with van der Waals surface area (Å²) in [4.78, 5) is 0. The van der Waals surface area contributed by atoms with Gasteiger partial charge in [-0.05, 0) is 127 Å². The molecule has 0 aromatic heterocycles. The van der Waals surface area contributed by atoms with Crippen molar-refractivity contribution in [3.05, 3.63) is 182 Å². The van der Waals surface area contributed by atoms with Gasteiger partial charge >= 0.3 is 0 Å². The van der Waals surface area contributed by atoms with Crippen LogP contribution in [-0.4, -0.2) is 0 Å². The summed E-state index contributed by atoms with van der Waals surface area (Å²) in [6, 6.07) is 67.8. The topological polar surface area (TPSA) is 0 Å². The minimum Gasteiger partial charge on any atom is -0.0616 e. The van der Waals surface area contributed by atoms with Crippen molar-refractivity contribution >= 4 is 75.4 Å². The highest BCUT2D eigenvalue weighted by Crippen LogP contribution is 2.48. The van der Waals surface area contributed by atoms with Crippen LogP contribution < -0.4 is 0 Å². The zero-order chi connectivity index (χ0) is 32.8. The van der Waals surface area contributed by atoms with Crippen LogP contribution in [0, 0.1) is 0 Å². The molecule has 0 nitrogen and oxygen atoms in total. The van der Waals surface area contributed by atoms with Gasteiger partial charge in [0.15, 0.2) is 0 Å². The summed E-state index contributed by atoms with van der Waals surface area (Å²) >= 11 is 0. The van der Waals surface area contributed by atoms with Crippen molar-refractivity contribution in [1.29, 1.82) is 0 Å². The van der Waals surface area contributed by atoms with Gasteiger partial charge in [-0.25, -0.2) is 0 Å². The molecule has 11 aromatic rings. The first-order valence-electron chi connectivity index (χ1n) is 17.4. The molecule has 0 aliphatic carbocycles. The molecule has 0 saturated heterocycles. The maximum atomic E-state index is 2.45. The van der Waals surface area contributed by atoms with E-state index < -0.39 is 0 Å². The minimum atomic E-state index is 1.22. The Morgan fingerprint density at radius 2 is 0.680 bits per heavy atom. The molecule has 0 heteroatoms. The van der Waals surface area contributed by atoms with E-state index in [1.807, 2.05) is 0 Å². The first-order valence-corrected chi connectivity index (χ1v) is 17.4. The third kappa shape index (κ3) is 4.00. The first kappa shape index (κ1) is 27.5. The summed E-state index contributed by atoms with van der Waals surface area (Å²) in [5.74, 6) is 0. The third-order valence-corrected chi connectivity index (χ3v) is 10.9. The van der Waals surface area contributed by atoms with Crippen LogP contribution in [0.15, 0.2) is 182 Å². The molecule has 0 radical (unpaired) electrons. The Labute approximate surface area is 289 Å². The number of hydrogen-bond acceptors (Lipinski definition) is 0. The largest absolute Gasteiger partial charge is 0.0616 e. The van der Waals surface area contributed by atoms with Gasteiger partial charge < -0.3 is 0 Å². The van der Waals surface area contributed by atoms with Crippen LogP contribution >= 0.6 is 0 Å². The standard InChI is InChI=1S/C50H30/c1-3-10-36-28-38(20-16-31(36)8-1)39-24-27-45-46(30-39)50(44-26-23-35-19-18-33-12-7-13-34-22-25-43(44)49(35)47(33)34)42-15-6-5-14-41(42)48(45)40-21-17-32-9-2-4-11-37(32)29-40/h1-30H. The molecule has 230 valence electrons. The van der Waals surface area contributed by atoms with Crippen molar-refractivity contribution in [2.24, 2.45) is 0 Å². The van der Waals surface area contributed by atoms with Gasteiger partial charge in [-0.2, -0.15) is 0 Å². The van der Waals surface area contributed by atoms with Crippen LogP contribution in [0.1, 0.15) is 0 Å². The maximum Gasteiger partial charge on any atom is -0.00199 e. The van der Waals surface area contributed by atoms with Gasteiger partial charge in [0.05, 0.1) is 0 Å². The van der Waals surface area contributed by atoms with Crippen molar-refractivity contribution < 1.29 is 0 Å². The lowest BCUT2D eigenvalue weighted by atomic mass is 9.82. The highest BCUT2D eigenvalue weighted by atomic mass is 14.2. The molecule has 0 fully saturated rings. The molecule has 0 spiro atoms.